The summed E-state index contributed by atoms with van der Waals surface area (Å²) < 4.78 is 0. The average molecular weight is 223 g/mol. The van der Waals surface area contributed by atoms with Gasteiger partial charge in [-0.05, 0) is 51.1 Å². The Morgan fingerprint density at radius 3 is 2.56 bits per heavy atom. The molecule has 0 saturated heterocycles. The number of hydrogen-bond donors (Lipinski definition) is 1. The van der Waals surface area contributed by atoms with Gasteiger partial charge in [-0.3, -0.25) is 0 Å². The highest BCUT2D eigenvalue weighted by molar-refractivity contribution is 5.03. The summed E-state index contributed by atoms with van der Waals surface area (Å²) in [7, 11) is 0. The Morgan fingerprint density at radius 1 is 1.44 bits per heavy atom. The number of nitrogens with zero attached hydrogens (tertiary/aromatic N) is 2. The third-order valence-electron chi connectivity index (χ3n) is 3.61. The van der Waals surface area contributed by atoms with Crippen LogP contribution in [0.5, 0.6) is 0 Å². The van der Waals surface area contributed by atoms with Crippen LogP contribution in [0.1, 0.15) is 46.0 Å². The normalized spacial score (nSPS) is 19.4. The highest BCUT2D eigenvalue weighted by Crippen LogP contribution is 2.29. The third-order valence-corrected chi connectivity index (χ3v) is 3.61. The molecule has 0 radical (unpaired) electrons. The molecule has 1 fully saturated rings. The van der Waals surface area contributed by atoms with E-state index in [2.05, 4.69) is 17.9 Å². The van der Waals surface area contributed by atoms with Crippen molar-refractivity contribution in [3.05, 3.63) is 0 Å². The van der Waals surface area contributed by atoms with Crippen LogP contribution in [0.15, 0.2) is 0 Å². The van der Waals surface area contributed by atoms with Crippen molar-refractivity contribution in [3.63, 3.8) is 0 Å². The van der Waals surface area contributed by atoms with Gasteiger partial charge in [0.15, 0.2) is 0 Å². The minimum atomic E-state index is -0.598. The predicted molar refractivity (Wildman–Crippen MR) is 66.9 cm³/mol. The second-order valence-corrected chi connectivity index (χ2v) is 5.06. The van der Waals surface area contributed by atoms with Crippen molar-refractivity contribution < 1.29 is 0 Å². The minimum Gasteiger partial charge on any atom is -0.313 e. The fourth-order valence-corrected chi connectivity index (χ4v) is 1.97. The fourth-order valence-electron chi connectivity index (χ4n) is 1.97. The van der Waals surface area contributed by atoms with Crippen molar-refractivity contribution in [2.75, 3.05) is 19.6 Å². The monoisotopic (exact) mass is 223 g/mol. The van der Waals surface area contributed by atoms with Crippen LogP contribution < -0.4 is 5.73 Å². The number of hydrogen-bond acceptors (Lipinski definition) is 3. The van der Waals surface area contributed by atoms with Gasteiger partial charge < -0.3 is 10.6 Å². The van der Waals surface area contributed by atoms with Crippen LogP contribution in [0.4, 0.5) is 0 Å². The van der Waals surface area contributed by atoms with Gasteiger partial charge in [0.2, 0.25) is 0 Å². The van der Waals surface area contributed by atoms with E-state index in [0.717, 1.165) is 38.3 Å². The van der Waals surface area contributed by atoms with Crippen molar-refractivity contribution >= 4 is 0 Å². The van der Waals surface area contributed by atoms with Gasteiger partial charge in [0.25, 0.3) is 0 Å². The van der Waals surface area contributed by atoms with Crippen LogP contribution >= 0.6 is 0 Å². The zero-order valence-electron chi connectivity index (χ0n) is 10.7. The van der Waals surface area contributed by atoms with Gasteiger partial charge in [-0.1, -0.05) is 13.8 Å². The Labute approximate surface area is 99.6 Å². The van der Waals surface area contributed by atoms with Crippen molar-refractivity contribution in [3.8, 4) is 6.07 Å². The van der Waals surface area contributed by atoms with Gasteiger partial charge in [0.05, 0.1) is 6.07 Å². The van der Waals surface area contributed by atoms with E-state index in [9.17, 15) is 0 Å². The molecule has 0 aromatic heterocycles. The Kier molecular flexibility index (Phi) is 5.24. The molecule has 1 unspecified atom stereocenters. The minimum absolute atomic E-state index is 0.598. The van der Waals surface area contributed by atoms with E-state index >= 15 is 0 Å². The lowest BCUT2D eigenvalue weighted by atomic mass is 9.93. The zero-order valence-corrected chi connectivity index (χ0v) is 10.7. The smallest absolute Gasteiger partial charge is 0.104 e. The van der Waals surface area contributed by atoms with E-state index in [1.165, 1.54) is 19.4 Å². The topological polar surface area (TPSA) is 53.0 Å². The number of nitriles is 1. The molecule has 0 aromatic rings. The van der Waals surface area contributed by atoms with Gasteiger partial charge in [0.1, 0.15) is 5.54 Å². The van der Waals surface area contributed by atoms with Gasteiger partial charge in [-0.2, -0.15) is 5.26 Å². The highest BCUT2D eigenvalue weighted by atomic mass is 15.1. The molecule has 0 aliphatic heterocycles. The van der Waals surface area contributed by atoms with Crippen molar-refractivity contribution in [1.29, 1.82) is 5.26 Å². The quantitative estimate of drug-likeness (QED) is 0.686. The van der Waals surface area contributed by atoms with Crippen molar-refractivity contribution in [2.45, 2.75) is 51.5 Å². The first-order valence-corrected chi connectivity index (χ1v) is 6.56. The SMILES string of the molecule is CCN(CCCC(N)(C#N)CC)CC1CC1. The van der Waals surface area contributed by atoms with Crippen LogP contribution in [0.3, 0.4) is 0 Å². The van der Waals surface area contributed by atoms with Crippen molar-refractivity contribution in [2.24, 2.45) is 11.7 Å². The molecule has 0 heterocycles. The van der Waals surface area contributed by atoms with E-state index in [0.29, 0.717) is 0 Å². The molecule has 1 aliphatic carbocycles. The summed E-state index contributed by atoms with van der Waals surface area (Å²) in [5.41, 5.74) is 5.36. The molecule has 16 heavy (non-hydrogen) atoms. The Balaban J connectivity index is 2.19. The summed E-state index contributed by atoms with van der Waals surface area (Å²) in [5.74, 6) is 0.949. The first-order valence-electron chi connectivity index (χ1n) is 6.56. The van der Waals surface area contributed by atoms with Gasteiger partial charge in [0, 0.05) is 6.54 Å². The summed E-state index contributed by atoms with van der Waals surface area (Å²) in [6.45, 7) is 7.65. The highest BCUT2D eigenvalue weighted by Gasteiger charge is 2.25. The molecule has 92 valence electrons. The molecule has 3 nitrogen and oxygen atoms in total. The molecular weight excluding hydrogens is 198 g/mol. The summed E-state index contributed by atoms with van der Waals surface area (Å²) in [4.78, 5) is 2.49. The standard InChI is InChI=1S/C13H25N3/c1-3-13(15,11-14)8-5-9-16(4-2)10-12-6-7-12/h12H,3-10,15H2,1-2H3. The molecule has 0 amide bonds. The number of nitrogens with two attached hydrogens (primary N) is 1. The molecule has 1 aliphatic rings. The fraction of sp³-hybridized carbons (Fsp3) is 0.923. The lowest BCUT2D eigenvalue weighted by Gasteiger charge is -2.23. The van der Waals surface area contributed by atoms with Gasteiger partial charge >= 0.3 is 0 Å². The summed E-state index contributed by atoms with van der Waals surface area (Å²) in [6.07, 6.45) is 5.42. The Bertz CT molecular complexity index is 242. The second kappa shape index (κ2) is 6.22. The maximum absolute atomic E-state index is 8.97. The molecule has 1 atom stereocenters. The molecule has 3 heteroatoms. The first kappa shape index (κ1) is 13.5. The zero-order chi connectivity index (χ0) is 12.0. The van der Waals surface area contributed by atoms with Crippen LogP contribution in [-0.4, -0.2) is 30.1 Å². The van der Waals surface area contributed by atoms with Crippen LogP contribution in [0.25, 0.3) is 0 Å². The second-order valence-electron chi connectivity index (χ2n) is 5.06. The van der Waals surface area contributed by atoms with Gasteiger partial charge in [-0.25, -0.2) is 0 Å². The summed E-state index contributed by atoms with van der Waals surface area (Å²) in [6, 6.07) is 2.23. The Hall–Kier alpha value is -0.590. The predicted octanol–water partition coefficient (Wildman–Crippen LogP) is 2.13. The molecule has 0 aromatic carbocycles. The lowest BCUT2D eigenvalue weighted by molar-refractivity contribution is 0.262. The molecule has 1 saturated carbocycles. The van der Waals surface area contributed by atoms with E-state index < -0.39 is 5.54 Å². The van der Waals surface area contributed by atoms with Crippen LogP contribution in [0, 0.1) is 17.2 Å². The first-order chi connectivity index (χ1) is 7.63. The van der Waals surface area contributed by atoms with Crippen LogP contribution in [-0.2, 0) is 0 Å². The lowest BCUT2D eigenvalue weighted by Crippen LogP contribution is -2.38. The van der Waals surface area contributed by atoms with Crippen molar-refractivity contribution in [1.82, 2.24) is 4.90 Å². The van der Waals surface area contributed by atoms with E-state index in [4.69, 9.17) is 11.0 Å². The molecular formula is C13H25N3. The average Bonchev–Trinajstić information content (AvgIpc) is 3.11. The van der Waals surface area contributed by atoms with Crippen LogP contribution in [0.2, 0.25) is 0 Å². The molecule has 1 rings (SSSR count). The molecule has 0 bridgehead atoms. The maximum Gasteiger partial charge on any atom is 0.104 e. The number of rotatable bonds is 8. The summed E-state index contributed by atoms with van der Waals surface area (Å²) >= 11 is 0. The third kappa shape index (κ3) is 4.51. The Morgan fingerprint density at radius 2 is 2.12 bits per heavy atom. The molecule has 0 spiro atoms. The largest absolute Gasteiger partial charge is 0.313 e. The van der Waals surface area contributed by atoms with E-state index in [1.54, 1.807) is 0 Å². The maximum atomic E-state index is 8.97. The van der Waals surface area contributed by atoms with E-state index in [1.807, 2.05) is 6.92 Å². The molecule has 2 N–H and O–H groups in total. The van der Waals surface area contributed by atoms with Gasteiger partial charge in [-0.15, -0.1) is 0 Å². The summed E-state index contributed by atoms with van der Waals surface area (Å²) in [5, 5.41) is 8.97. The van der Waals surface area contributed by atoms with E-state index in [-0.39, 0.29) is 0 Å².